The lowest BCUT2D eigenvalue weighted by atomic mass is 9.91. The highest BCUT2D eigenvalue weighted by molar-refractivity contribution is 8.26. The molecule has 0 bridgehead atoms. The molecular formula is C28H30N4O2S2. The number of aryl methyl sites for hydroxylation is 1. The molecule has 1 aromatic carbocycles. The number of thiocarbonyl (C=S) groups is 1. The largest absolute Gasteiger partial charge is 0.355 e. The van der Waals surface area contributed by atoms with Crippen molar-refractivity contribution in [3.05, 3.63) is 80.6 Å². The van der Waals surface area contributed by atoms with Gasteiger partial charge in [0, 0.05) is 19.3 Å². The first-order chi connectivity index (χ1) is 17.2. The van der Waals surface area contributed by atoms with Crippen molar-refractivity contribution < 1.29 is 4.79 Å². The number of nitrogens with zero attached hydrogens (tertiary/aromatic N) is 4. The smallest absolute Gasteiger partial charge is 0.267 e. The van der Waals surface area contributed by atoms with Crippen molar-refractivity contribution in [3.8, 4) is 0 Å². The molecule has 0 radical (unpaired) electrons. The standard InChI is InChI=1S/C28H30N4O2S2/c1-17-10-11-24-29-25(30-14-18(2)12-19(3)15-30)22(26(33)31(24)16-17)13-23-27(34)32(28(35)36-23)20(4)21-8-6-5-7-9-21/h5-11,13,16,18-20H,12,14-15H2,1-4H3/b23-13+/t18-,19-,20-/m0/s1. The number of hydrogen-bond acceptors (Lipinski definition) is 6. The summed E-state index contributed by atoms with van der Waals surface area (Å²) in [7, 11) is 0. The van der Waals surface area contributed by atoms with Crippen LogP contribution in [0.15, 0.2) is 58.4 Å². The Hall–Kier alpha value is -2.97. The van der Waals surface area contributed by atoms with Crippen LogP contribution in [0.1, 0.15) is 49.9 Å². The zero-order valence-corrected chi connectivity index (χ0v) is 22.6. The average Bonchev–Trinajstić information content (AvgIpc) is 3.13. The van der Waals surface area contributed by atoms with Gasteiger partial charge in [0.2, 0.25) is 0 Å². The number of hydrogen-bond donors (Lipinski definition) is 0. The lowest BCUT2D eigenvalue weighted by molar-refractivity contribution is -0.123. The summed E-state index contributed by atoms with van der Waals surface area (Å²) in [6, 6.07) is 13.5. The van der Waals surface area contributed by atoms with Crippen LogP contribution < -0.4 is 10.5 Å². The Labute approximate surface area is 221 Å². The van der Waals surface area contributed by atoms with Crippen LogP contribution >= 0.6 is 24.0 Å². The predicted octanol–water partition coefficient (Wildman–Crippen LogP) is 5.45. The van der Waals surface area contributed by atoms with Crippen LogP contribution in [0.25, 0.3) is 11.7 Å². The first kappa shape index (κ1) is 24.7. The number of piperidine rings is 1. The van der Waals surface area contributed by atoms with Crippen LogP contribution in [-0.4, -0.2) is 37.6 Å². The van der Waals surface area contributed by atoms with Crippen LogP contribution in [0.4, 0.5) is 5.82 Å². The lowest BCUT2D eigenvalue weighted by Gasteiger charge is -2.36. The summed E-state index contributed by atoms with van der Waals surface area (Å²) in [5, 5.41) is 0. The summed E-state index contributed by atoms with van der Waals surface area (Å²) in [6.45, 7) is 10.0. The fourth-order valence-electron chi connectivity index (χ4n) is 5.28. The number of benzene rings is 1. The van der Waals surface area contributed by atoms with E-state index < -0.39 is 0 Å². The van der Waals surface area contributed by atoms with Gasteiger partial charge in [0.1, 0.15) is 15.8 Å². The van der Waals surface area contributed by atoms with E-state index in [9.17, 15) is 9.59 Å². The van der Waals surface area contributed by atoms with Crippen molar-refractivity contribution in [2.75, 3.05) is 18.0 Å². The van der Waals surface area contributed by atoms with Crippen LogP contribution in [-0.2, 0) is 4.79 Å². The van der Waals surface area contributed by atoms with E-state index in [0.717, 1.165) is 30.6 Å². The predicted molar refractivity (Wildman–Crippen MR) is 151 cm³/mol. The van der Waals surface area contributed by atoms with Gasteiger partial charge in [-0.1, -0.05) is 74.2 Å². The molecule has 2 aliphatic rings. The molecule has 0 aliphatic carbocycles. The van der Waals surface area contributed by atoms with E-state index >= 15 is 0 Å². The molecule has 3 aromatic rings. The first-order valence-electron chi connectivity index (χ1n) is 12.3. The van der Waals surface area contributed by atoms with E-state index in [-0.39, 0.29) is 17.5 Å². The molecule has 36 heavy (non-hydrogen) atoms. The normalized spacial score (nSPS) is 22.6. The number of carbonyl (C=O) groups is 1. The maximum absolute atomic E-state index is 13.8. The van der Waals surface area contributed by atoms with Crippen molar-refractivity contribution in [3.63, 3.8) is 0 Å². The Morgan fingerprint density at radius 1 is 1.08 bits per heavy atom. The third-order valence-electron chi connectivity index (χ3n) is 6.92. The van der Waals surface area contributed by atoms with Gasteiger partial charge in [-0.2, -0.15) is 0 Å². The molecule has 0 N–H and O–H groups in total. The Morgan fingerprint density at radius 3 is 2.47 bits per heavy atom. The molecule has 5 rings (SSSR count). The van der Waals surface area contributed by atoms with E-state index in [2.05, 4.69) is 18.7 Å². The fraction of sp³-hybridized carbons (Fsp3) is 0.357. The molecule has 4 heterocycles. The van der Waals surface area contributed by atoms with Gasteiger partial charge in [-0.05, 0) is 55.4 Å². The minimum absolute atomic E-state index is 0.175. The number of anilines is 1. The van der Waals surface area contributed by atoms with Crippen LogP contribution in [0.3, 0.4) is 0 Å². The molecule has 0 spiro atoms. The van der Waals surface area contributed by atoms with Crippen molar-refractivity contribution in [1.82, 2.24) is 14.3 Å². The van der Waals surface area contributed by atoms with Crippen molar-refractivity contribution >= 4 is 51.7 Å². The molecule has 0 saturated carbocycles. The highest BCUT2D eigenvalue weighted by Gasteiger charge is 2.37. The van der Waals surface area contributed by atoms with Gasteiger partial charge < -0.3 is 4.90 Å². The van der Waals surface area contributed by atoms with Gasteiger partial charge >= 0.3 is 0 Å². The SMILES string of the molecule is Cc1ccc2nc(N3C[C@@H](C)C[C@H](C)C3)c(/C=C3/SC(=S)N([C@@H](C)c4ccccc4)C3=O)c(=O)n2c1. The van der Waals surface area contributed by atoms with E-state index in [1.807, 2.05) is 56.3 Å². The van der Waals surface area contributed by atoms with Gasteiger partial charge in [-0.25, -0.2) is 4.98 Å². The Balaban J connectivity index is 1.61. The molecule has 3 atom stereocenters. The summed E-state index contributed by atoms with van der Waals surface area (Å²) in [6.07, 6.45) is 4.66. The van der Waals surface area contributed by atoms with Gasteiger partial charge in [0.25, 0.3) is 11.5 Å². The van der Waals surface area contributed by atoms with Crippen molar-refractivity contribution in [2.45, 2.75) is 40.2 Å². The Kier molecular flexibility index (Phi) is 6.74. The van der Waals surface area contributed by atoms with Gasteiger partial charge in [-0.3, -0.25) is 18.9 Å². The average molecular weight is 519 g/mol. The van der Waals surface area contributed by atoms with Crippen LogP contribution in [0.2, 0.25) is 0 Å². The van der Waals surface area contributed by atoms with E-state index in [1.54, 1.807) is 21.6 Å². The number of aromatic nitrogens is 2. The van der Waals surface area contributed by atoms with Gasteiger partial charge in [0.05, 0.1) is 16.5 Å². The zero-order valence-electron chi connectivity index (χ0n) is 21.0. The molecule has 186 valence electrons. The molecule has 2 saturated heterocycles. The van der Waals surface area contributed by atoms with Crippen LogP contribution in [0.5, 0.6) is 0 Å². The Morgan fingerprint density at radius 2 is 1.78 bits per heavy atom. The molecule has 2 aliphatic heterocycles. The number of carbonyl (C=O) groups excluding carboxylic acids is 1. The quantitative estimate of drug-likeness (QED) is 0.338. The summed E-state index contributed by atoms with van der Waals surface area (Å²) in [4.78, 5) is 36.6. The van der Waals surface area contributed by atoms with Crippen molar-refractivity contribution in [1.29, 1.82) is 0 Å². The van der Waals surface area contributed by atoms with E-state index in [0.29, 0.717) is 38.1 Å². The second-order valence-electron chi connectivity index (χ2n) is 10.1. The Bertz CT molecular complexity index is 1420. The highest BCUT2D eigenvalue weighted by Crippen LogP contribution is 2.39. The molecule has 2 aromatic heterocycles. The second-order valence-corrected chi connectivity index (χ2v) is 11.8. The van der Waals surface area contributed by atoms with Crippen molar-refractivity contribution in [2.24, 2.45) is 11.8 Å². The lowest BCUT2D eigenvalue weighted by Crippen LogP contribution is -2.40. The fourth-order valence-corrected chi connectivity index (χ4v) is 6.68. The van der Waals surface area contributed by atoms with E-state index in [1.165, 1.54) is 11.8 Å². The minimum Gasteiger partial charge on any atom is -0.355 e. The molecule has 2 fully saturated rings. The highest BCUT2D eigenvalue weighted by atomic mass is 32.2. The number of rotatable bonds is 4. The third kappa shape index (κ3) is 4.60. The first-order valence-corrected chi connectivity index (χ1v) is 13.6. The number of pyridine rings is 1. The minimum atomic E-state index is -0.202. The summed E-state index contributed by atoms with van der Waals surface area (Å²) in [5.74, 6) is 1.44. The van der Waals surface area contributed by atoms with Crippen LogP contribution in [0, 0.1) is 18.8 Å². The number of fused-ring (bicyclic) bond motifs is 1. The van der Waals surface area contributed by atoms with Gasteiger partial charge in [0.15, 0.2) is 0 Å². The summed E-state index contributed by atoms with van der Waals surface area (Å²) in [5.41, 5.74) is 2.84. The summed E-state index contributed by atoms with van der Waals surface area (Å²) < 4.78 is 2.07. The maximum atomic E-state index is 13.8. The molecule has 1 amide bonds. The van der Waals surface area contributed by atoms with Gasteiger partial charge in [-0.15, -0.1) is 0 Å². The molecular weight excluding hydrogens is 488 g/mol. The topological polar surface area (TPSA) is 57.9 Å². The second kappa shape index (κ2) is 9.82. The number of thioether (sulfide) groups is 1. The molecule has 8 heteroatoms. The monoisotopic (exact) mass is 518 g/mol. The number of amides is 1. The summed E-state index contributed by atoms with van der Waals surface area (Å²) >= 11 is 6.87. The molecule has 6 nitrogen and oxygen atoms in total. The maximum Gasteiger partial charge on any atom is 0.267 e. The zero-order chi connectivity index (χ0) is 25.6. The third-order valence-corrected chi connectivity index (χ3v) is 8.25. The molecule has 0 unspecified atom stereocenters. The van der Waals surface area contributed by atoms with E-state index in [4.69, 9.17) is 17.2 Å².